The molecule has 1 atom stereocenters. The summed E-state index contributed by atoms with van der Waals surface area (Å²) in [5.74, 6) is -0.420. The molecule has 38 heavy (non-hydrogen) atoms. The lowest BCUT2D eigenvalue weighted by Crippen LogP contribution is -2.26. The Morgan fingerprint density at radius 1 is 1.26 bits per heavy atom. The zero-order valence-electron chi connectivity index (χ0n) is 20.0. The first kappa shape index (κ1) is 26.3. The van der Waals surface area contributed by atoms with Gasteiger partial charge in [0.15, 0.2) is 17.4 Å². The summed E-state index contributed by atoms with van der Waals surface area (Å²) in [5.41, 5.74) is 2.14. The number of H-pyrrole nitrogens is 1. The van der Waals surface area contributed by atoms with E-state index in [1.807, 2.05) is 0 Å². The number of aromatic amines is 1. The Morgan fingerprint density at radius 2 is 2.03 bits per heavy atom. The lowest BCUT2D eigenvalue weighted by molar-refractivity contribution is -0.138. The highest BCUT2D eigenvalue weighted by Crippen LogP contribution is 2.31. The number of nitrogens with zero attached hydrogens (tertiary/aromatic N) is 4. The van der Waals surface area contributed by atoms with Crippen molar-refractivity contribution in [1.29, 1.82) is 0 Å². The van der Waals surface area contributed by atoms with Gasteiger partial charge < -0.3 is 20.4 Å². The number of aromatic nitrogens is 5. The number of anilines is 2. The largest absolute Gasteiger partial charge is 0.491 e. The number of nitrogens with one attached hydrogen (secondary N) is 2. The molecule has 0 radical (unpaired) electrons. The van der Waals surface area contributed by atoms with Crippen molar-refractivity contribution < 1.29 is 22.3 Å². The van der Waals surface area contributed by atoms with Crippen molar-refractivity contribution in [3.8, 4) is 17.1 Å². The number of allylic oxidation sites excluding steroid dienone is 1. The van der Waals surface area contributed by atoms with Crippen molar-refractivity contribution in [2.75, 3.05) is 18.2 Å². The van der Waals surface area contributed by atoms with Crippen molar-refractivity contribution in [3.63, 3.8) is 0 Å². The molecule has 0 aliphatic heterocycles. The van der Waals surface area contributed by atoms with Crippen molar-refractivity contribution in [1.82, 2.24) is 24.7 Å². The molecule has 10 nitrogen and oxygen atoms in total. The van der Waals surface area contributed by atoms with Crippen LogP contribution in [0.4, 0.5) is 29.1 Å². The molecular formula is C24H21F4N7O3. The van der Waals surface area contributed by atoms with E-state index >= 15 is 0 Å². The molecule has 3 heterocycles. The lowest BCUT2D eigenvalue weighted by atomic mass is 10.1. The van der Waals surface area contributed by atoms with Crippen LogP contribution in [-0.4, -0.2) is 37.9 Å². The van der Waals surface area contributed by atoms with Crippen LogP contribution in [0.15, 0.2) is 58.5 Å². The van der Waals surface area contributed by atoms with Crippen molar-refractivity contribution >= 4 is 22.3 Å². The summed E-state index contributed by atoms with van der Waals surface area (Å²) in [5, 5.41) is 8.30. The van der Waals surface area contributed by atoms with Crippen LogP contribution in [-0.2, 0) is 12.7 Å². The minimum Gasteiger partial charge on any atom is -0.491 e. The number of hydrogen-bond donors (Lipinski definition) is 3. The molecule has 1 aromatic carbocycles. The normalized spacial score (nSPS) is 12.7. The molecule has 4 aromatic rings. The Kier molecular flexibility index (Phi) is 7.15. The van der Waals surface area contributed by atoms with Gasteiger partial charge in [-0.15, -0.1) is 0 Å². The minimum absolute atomic E-state index is 0.0283. The van der Waals surface area contributed by atoms with Gasteiger partial charge in [0, 0.05) is 18.8 Å². The highest BCUT2D eigenvalue weighted by molar-refractivity contribution is 5.86. The second-order valence-corrected chi connectivity index (χ2v) is 8.19. The van der Waals surface area contributed by atoms with E-state index in [4.69, 9.17) is 10.5 Å². The fourth-order valence-electron chi connectivity index (χ4n) is 3.75. The quantitative estimate of drug-likeness (QED) is 0.244. The SMILES string of the molecule is COc1cnc(-c2cc3ccn(C/C=C/[C@H](C)Nc4cn[nH]c(=O)c4C(F)(F)F)c(=O)c3cc2F)nc1N. The van der Waals surface area contributed by atoms with Gasteiger partial charge in [0.2, 0.25) is 0 Å². The maximum Gasteiger partial charge on any atom is 0.423 e. The fourth-order valence-corrected chi connectivity index (χ4v) is 3.75. The van der Waals surface area contributed by atoms with Gasteiger partial charge in [0.05, 0.1) is 36.1 Å². The number of rotatable bonds is 7. The van der Waals surface area contributed by atoms with Crippen LogP contribution in [0.3, 0.4) is 0 Å². The molecule has 198 valence electrons. The average molecular weight is 531 g/mol. The molecule has 0 fully saturated rings. The van der Waals surface area contributed by atoms with E-state index in [1.54, 1.807) is 24.2 Å². The van der Waals surface area contributed by atoms with E-state index in [-0.39, 0.29) is 34.9 Å². The molecule has 0 spiro atoms. The number of halogens is 4. The van der Waals surface area contributed by atoms with Gasteiger partial charge >= 0.3 is 6.18 Å². The molecule has 0 bridgehead atoms. The predicted octanol–water partition coefficient (Wildman–Crippen LogP) is 3.35. The van der Waals surface area contributed by atoms with Gasteiger partial charge in [-0.05, 0) is 30.5 Å². The first-order valence-electron chi connectivity index (χ1n) is 11.1. The minimum atomic E-state index is -4.87. The molecule has 14 heteroatoms. The number of nitrogens with two attached hydrogens (primary N) is 1. The number of pyridine rings is 1. The van der Waals surface area contributed by atoms with E-state index in [1.165, 1.54) is 36.2 Å². The first-order chi connectivity index (χ1) is 18.0. The standard InChI is InChI=1S/C24H21F4N7O3/c1-12(32-17-10-31-34-22(36)19(17)24(26,27)28)4-3-6-35-7-5-13-8-15(16(25)9-14(13)23(35)37)21-30-11-18(38-2)20(29)33-21/h3-5,7-12H,6H2,1-2H3,(H2,29,30,33)(H2,32,34,36)/b4-3+/t12-/m0/s1. The molecule has 4 rings (SSSR count). The van der Waals surface area contributed by atoms with E-state index < -0.39 is 40.4 Å². The molecule has 0 saturated carbocycles. The van der Waals surface area contributed by atoms with E-state index in [0.717, 1.165) is 12.3 Å². The second-order valence-electron chi connectivity index (χ2n) is 8.19. The van der Waals surface area contributed by atoms with Crippen LogP contribution < -0.4 is 26.9 Å². The van der Waals surface area contributed by atoms with Crippen LogP contribution in [0.2, 0.25) is 0 Å². The molecule has 0 amide bonds. The highest BCUT2D eigenvalue weighted by atomic mass is 19.4. The summed E-state index contributed by atoms with van der Waals surface area (Å²) in [6, 6.07) is 3.49. The first-order valence-corrected chi connectivity index (χ1v) is 11.1. The Bertz CT molecular complexity index is 1650. The van der Waals surface area contributed by atoms with Gasteiger partial charge in [-0.2, -0.15) is 18.3 Å². The third-order valence-corrected chi connectivity index (χ3v) is 5.56. The molecule has 0 aliphatic carbocycles. The van der Waals surface area contributed by atoms with Gasteiger partial charge in [-0.25, -0.2) is 19.5 Å². The fraction of sp³-hybridized carbons (Fsp3) is 0.208. The number of nitrogen functional groups attached to an aromatic ring is 1. The maximum atomic E-state index is 14.9. The molecule has 4 N–H and O–H groups in total. The molecule has 3 aromatic heterocycles. The molecule has 0 unspecified atom stereocenters. The van der Waals surface area contributed by atoms with Crippen LogP contribution in [0.5, 0.6) is 5.75 Å². The van der Waals surface area contributed by atoms with E-state index in [0.29, 0.717) is 5.39 Å². The molecule has 0 saturated heterocycles. The summed E-state index contributed by atoms with van der Waals surface area (Å²) in [6.45, 7) is 1.62. The van der Waals surface area contributed by atoms with Gasteiger partial charge in [-0.3, -0.25) is 9.59 Å². The highest BCUT2D eigenvalue weighted by Gasteiger charge is 2.37. The van der Waals surface area contributed by atoms with Crippen molar-refractivity contribution in [2.45, 2.75) is 25.7 Å². The van der Waals surface area contributed by atoms with E-state index in [9.17, 15) is 27.2 Å². The van der Waals surface area contributed by atoms with Crippen LogP contribution in [0.25, 0.3) is 22.2 Å². The molecule has 0 aliphatic rings. The van der Waals surface area contributed by atoms with Gasteiger partial charge in [0.25, 0.3) is 11.1 Å². The third-order valence-electron chi connectivity index (χ3n) is 5.56. The summed E-state index contributed by atoms with van der Waals surface area (Å²) in [7, 11) is 1.40. The predicted molar refractivity (Wildman–Crippen MR) is 132 cm³/mol. The lowest BCUT2D eigenvalue weighted by Gasteiger charge is -2.15. The maximum absolute atomic E-state index is 14.9. The Labute approximate surface area is 211 Å². The van der Waals surface area contributed by atoms with Crippen molar-refractivity contribution in [3.05, 3.63) is 81.0 Å². The zero-order chi connectivity index (χ0) is 27.6. The van der Waals surface area contributed by atoms with Crippen LogP contribution in [0, 0.1) is 5.82 Å². The molecular weight excluding hydrogens is 510 g/mol. The average Bonchev–Trinajstić information content (AvgIpc) is 2.84. The monoisotopic (exact) mass is 531 g/mol. The number of hydrogen-bond acceptors (Lipinski definition) is 8. The summed E-state index contributed by atoms with van der Waals surface area (Å²) >= 11 is 0. The number of fused-ring (bicyclic) bond motifs is 1. The Hall–Kier alpha value is -4.75. The Morgan fingerprint density at radius 3 is 2.71 bits per heavy atom. The van der Waals surface area contributed by atoms with Crippen LogP contribution in [0.1, 0.15) is 12.5 Å². The zero-order valence-corrected chi connectivity index (χ0v) is 20.0. The number of alkyl halides is 3. The topological polar surface area (TPSA) is 141 Å². The second kappa shape index (κ2) is 10.3. The Balaban J connectivity index is 1.54. The van der Waals surface area contributed by atoms with Gasteiger partial charge in [0.1, 0.15) is 11.4 Å². The smallest absolute Gasteiger partial charge is 0.423 e. The van der Waals surface area contributed by atoms with Crippen molar-refractivity contribution in [2.24, 2.45) is 0 Å². The summed E-state index contributed by atoms with van der Waals surface area (Å²) < 4.78 is 60.9. The van der Waals surface area contributed by atoms with Gasteiger partial charge in [-0.1, -0.05) is 12.2 Å². The number of ether oxygens (including phenoxy) is 1. The number of benzene rings is 1. The summed E-state index contributed by atoms with van der Waals surface area (Å²) in [6.07, 6.45) is 1.89. The van der Waals surface area contributed by atoms with E-state index in [2.05, 4.69) is 20.4 Å². The third kappa shape index (κ3) is 5.33. The van der Waals surface area contributed by atoms with Crippen LogP contribution >= 0.6 is 0 Å². The number of methoxy groups -OCH3 is 1. The summed E-state index contributed by atoms with van der Waals surface area (Å²) in [4.78, 5) is 32.6.